The van der Waals surface area contributed by atoms with E-state index >= 15 is 0 Å². The zero-order valence-corrected chi connectivity index (χ0v) is 7.69. The zero-order chi connectivity index (χ0) is 10.6. The molecule has 1 aromatic rings. The van der Waals surface area contributed by atoms with Gasteiger partial charge in [0.05, 0.1) is 22.4 Å². The number of aromatic nitrogens is 1. The number of halogens is 3. The van der Waals surface area contributed by atoms with Crippen molar-refractivity contribution in [1.29, 1.82) is 5.26 Å². The minimum atomic E-state index is -4.36. The number of nitrogens with zero attached hydrogens (tertiary/aromatic N) is 2. The molecule has 0 aromatic carbocycles. The van der Waals surface area contributed by atoms with Crippen LogP contribution in [-0.2, 0) is 6.18 Å². The molecule has 0 amide bonds. The summed E-state index contributed by atoms with van der Waals surface area (Å²) in [4.78, 5) is 3.57. The van der Waals surface area contributed by atoms with Crippen molar-refractivity contribution >= 4 is 11.8 Å². The second-order valence-corrected chi connectivity index (χ2v) is 3.33. The largest absolute Gasteiger partial charge is 0.417 e. The molecule has 1 rings (SSSR count). The van der Waals surface area contributed by atoms with Gasteiger partial charge < -0.3 is 0 Å². The molecule has 2 nitrogen and oxygen atoms in total. The van der Waals surface area contributed by atoms with E-state index < -0.39 is 11.7 Å². The zero-order valence-electron chi connectivity index (χ0n) is 6.88. The third kappa shape index (κ3) is 2.92. The first-order valence-corrected chi connectivity index (χ1v) is 4.55. The van der Waals surface area contributed by atoms with Crippen LogP contribution in [-0.4, -0.2) is 10.7 Å². The summed E-state index contributed by atoms with van der Waals surface area (Å²) >= 11 is 1.10. The predicted molar refractivity (Wildman–Crippen MR) is 45.6 cm³/mol. The highest BCUT2D eigenvalue weighted by Gasteiger charge is 2.30. The molecule has 0 spiro atoms. The highest BCUT2D eigenvalue weighted by Crippen LogP contribution is 2.29. The Bertz CT molecular complexity index is 339. The Hall–Kier alpha value is -1.22. The van der Waals surface area contributed by atoms with Crippen molar-refractivity contribution in [3.05, 3.63) is 23.9 Å². The summed E-state index contributed by atoms with van der Waals surface area (Å²) in [6.07, 6.45) is -3.59. The lowest BCUT2D eigenvalue weighted by atomic mass is 10.3. The summed E-state index contributed by atoms with van der Waals surface area (Å²) in [5, 5.41) is 8.65. The van der Waals surface area contributed by atoms with Gasteiger partial charge in [-0.15, -0.1) is 0 Å². The van der Waals surface area contributed by atoms with Crippen LogP contribution in [0, 0.1) is 11.3 Å². The maximum atomic E-state index is 12.1. The van der Waals surface area contributed by atoms with Gasteiger partial charge in [0.15, 0.2) is 0 Å². The van der Waals surface area contributed by atoms with E-state index in [9.17, 15) is 13.2 Å². The molecule has 0 aliphatic carbocycles. The van der Waals surface area contributed by atoms with E-state index in [0.29, 0.717) is 5.03 Å². The molecular formula is C8H5F3N2S. The lowest BCUT2D eigenvalue weighted by Gasteiger charge is -2.05. The van der Waals surface area contributed by atoms with Gasteiger partial charge in [-0.25, -0.2) is 4.98 Å². The van der Waals surface area contributed by atoms with E-state index in [1.807, 2.05) is 6.07 Å². The van der Waals surface area contributed by atoms with Gasteiger partial charge in [-0.2, -0.15) is 18.4 Å². The van der Waals surface area contributed by atoms with Gasteiger partial charge in [-0.3, -0.25) is 0 Å². The number of nitriles is 1. The number of hydrogen-bond acceptors (Lipinski definition) is 3. The fourth-order valence-electron chi connectivity index (χ4n) is 0.740. The van der Waals surface area contributed by atoms with Crippen LogP contribution in [0.25, 0.3) is 0 Å². The first kappa shape index (κ1) is 10.9. The molecule has 0 N–H and O–H groups in total. The van der Waals surface area contributed by atoms with E-state index in [0.717, 1.165) is 24.0 Å². The summed E-state index contributed by atoms with van der Waals surface area (Å²) in [5.41, 5.74) is -0.779. The van der Waals surface area contributed by atoms with Gasteiger partial charge in [-0.1, -0.05) is 11.8 Å². The monoisotopic (exact) mass is 218 g/mol. The summed E-state index contributed by atoms with van der Waals surface area (Å²) in [5.74, 6) is 0.179. The number of thioether (sulfide) groups is 1. The summed E-state index contributed by atoms with van der Waals surface area (Å²) in [6.45, 7) is 0. The van der Waals surface area contributed by atoms with E-state index in [-0.39, 0.29) is 5.75 Å². The minimum Gasteiger partial charge on any atom is -0.249 e. The maximum Gasteiger partial charge on any atom is 0.417 e. The van der Waals surface area contributed by atoms with E-state index in [4.69, 9.17) is 5.26 Å². The van der Waals surface area contributed by atoms with Gasteiger partial charge in [0.25, 0.3) is 0 Å². The SMILES string of the molecule is N#CCSc1ccc(C(F)(F)F)cn1. The molecule has 74 valence electrons. The average molecular weight is 218 g/mol. The second-order valence-electron chi connectivity index (χ2n) is 2.33. The van der Waals surface area contributed by atoms with Crippen LogP contribution in [0.2, 0.25) is 0 Å². The second kappa shape index (κ2) is 4.33. The summed E-state index contributed by atoms with van der Waals surface area (Å²) in [7, 11) is 0. The Morgan fingerprint density at radius 2 is 2.14 bits per heavy atom. The molecule has 0 radical (unpaired) electrons. The van der Waals surface area contributed by atoms with Crippen LogP contribution >= 0.6 is 11.8 Å². The molecule has 0 saturated heterocycles. The highest BCUT2D eigenvalue weighted by molar-refractivity contribution is 7.99. The molecule has 0 unspecified atom stereocenters. The maximum absolute atomic E-state index is 12.1. The third-order valence-corrected chi connectivity index (χ3v) is 2.16. The fourth-order valence-corrected chi connectivity index (χ4v) is 1.24. The minimum absolute atomic E-state index is 0.179. The van der Waals surface area contributed by atoms with Gasteiger partial charge in [-0.05, 0) is 12.1 Å². The smallest absolute Gasteiger partial charge is 0.249 e. The van der Waals surface area contributed by atoms with Crippen LogP contribution in [0.1, 0.15) is 5.56 Å². The van der Waals surface area contributed by atoms with Crippen molar-refractivity contribution in [2.75, 3.05) is 5.75 Å². The molecule has 0 fully saturated rings. The van der Waals surface area contributed by atoms with Crippen LogP contribution < -0.4 is 0 Å². The van der Waals surface area contributed by atoms with Crippen LogP contribution in [0.5, 0.6) is 0 Å². The fraction of sp³-hybridized carbons (Fsp3) is 0.250. The lowest BCUT2D eigenvalue weighted by molar-refractivity contribution is -0.137. The van der Waals surface area contributed by atoms with E-state index in [2.05, 4.69) is 4.98 Å². The van der Waals surface area contributed by atoms with Gasteiger partial charge >= 0.3 is 6.18 Å². The molecule has 0 aliphatic heterocycles. The molecule has 0 atom stereocenters. The van der Waals surface area contributed by atoms with Crippen molar-refractivity contribution < 1.29 is 13.2 Å². The molecule has 1 aromatic heterocycles. The van der Waals surface area contributed by atoms with Crippen molar-refractivity contribution in [1.82, 2.24) is 4.98 Å². The molecule has 6 heteroatoms. The molecule has 1 heterocycles. The summed E-state index contributed by atoms with van der Waals surface area (Å²) < 4.78 is 36.2. The van der Waals surface area contributed by atoms with Gasteiger partial charge in [0.2, 0.25) is 0 Å². The molecular weight excluding hydrogens is 213 g/mol. The van der Waals surface area contributed by atoms with Crippen molar-refractivity contribution in [2.24, 2.45) is 0 Å². The Balaban J connectivity index is 2.75. The number of pyridine rings is 1. The Kier molecular flexibility index (Phi) is 3.36. The van der Waals surface area contributed by atoms with Crippen molar-refractivity contribution in [3.63, 3.8) is 0 Å². The number of hydrogen-bond donors (Lipinski definition) is 0. The third-order valence-electron chi connectivity index (χ3n) is 1.35. The molecule has 0 bridgehead atoms. The molecule has 0 aliphatic rings. The molecule has 0 saturated carbocycles. The van der Waals surface area contributed by atoms with E-state index in [1.54, 1.807) is 0 Å². The first-order chi connectivity index (χ1) is 6.54. The molecule has 14 heavy (non-hydrogen) atoms. The van der Waals surface area contributed by atoms with E-state index in [1.165, 1.54) is 6.07 Å². The Labute approximate surface area is 82.8 Å². The number of rotatable bonds is 2. The Morgan fingerprint density at radius 3 is 2.57 bits per heavy atom. The topological polar surface area (TPSA) is 36.7 Å². The lowest BCUT2D eigenvalue weighted by Crippen LogP contribution is -2.05. The highest BCUT2D eigenvalue weighted by atomic mass is 32.2. The van der Waals surface area contributed by atoms with Gasteiger partial charge in [0.1, 0.15) is 0 Å². The van der Waals surface area contributed by atoms with Crippen molar-refractivity contribution in [3.8, 4) is 6.07 Å². The predicted octanol–water partition coefficient (Wildman–Crippen LogP) is 2.72. The van der Waals surface area contributed by atoms with Gasteiger partial charge in [0, 0.05) is 6.20 Å². The van der Waals surface area contributed by atoms with Crippen LogP contribution in [0.4, 0.5) is 13.2 Å². The first-order valence-electron chi connectivity index (χ1n) is 3.57. The van der Waals surface area contributed by atoms with Crippen LogP contribution in [0.3, 0.4) is 0 Å². The van der Waals surface area contributed by atoms with Crippen LogP contribution in [0.15, 0.2) is 23.4 Å². The normalized spacial score (nSPS) is 11.0. The average Bonchev–Trinajstić information content (AvgIpc) is 2.14. The number of alkyl halides is 3. The Morgan fingerprint density at radius 1 is 1.43 bits per heavy atom. The quantitative estimate of drug-likeness (QED) is 0.716. The standard InChI is InChI=1S/C8H5F3N2S/c9-8(10,11)6-1-2-7(13-5-6)14-4-3-12/h1-2,5H,4H2. The van der Waals surface area contributed by atoms with Crippen molar-refractivity contribution in [2.45, 2.75) is 11.2 Å². The summed E-state index contributed by atoms with van der Waals surface area (Å²) in [6, 6.07) is 4.07.